The quantitative estimate of drug-likeness (QED) is 0.798. The van der Waals surface area contributed by atoms with Gasteiger partial charge in [0.05, 0.1) is 24.7 Å². The van der Waals surface area contributed by atoms with Gasteiger partial charge in [-0.15, -0.1) is 0 Å². The molecule has 0 spiro atoms. The van der Waals surface area contributed by atoms with Crippen molar-refractivity contribution in [1.29, 1.82) is 10.5 Å². The standard InChI is InChI=1S/C22H29FN6O/c1-21(2)18(28(4)20-15(11-24)6-5-9-26-20)7-8-22(21,3)27-13-19(30)29-14-16(23)10-17(29)12-25/h5-6,9,16-18,27H,7-8,10,13-14H2,1-4H3/t16-,17-,18-,22+/m0/s1. The van der Waals surface area contributed by atoms with Crippen LogP contribution in [-0.2, 0) is 4.79 Å². The van der Waals surface area contributed by atoms with Gasteiger partial charge in [0.2, 0.25) is 5.91 Å². The van der Waals surface area contributed by atoms with Crippen LogP contribution in [0.15, 0.2) is 18.3 Å². The van der Waals surface area contributed by atoms with E-state index < -0.39 is 12.2 Å². The molecule has 1 aliphatic carbocycles. The van der Waals surface area contributed by atoms with E-state index in [9.17, 15) is 19.7 Å². The minimum atomic E-state index is -1.14. The van der Waals surface area contributed by atoms with Gasteiger partial charge < -0.3 is 15.1 Å². The Morgan fingerprint density at radius 3 is 2.83 bits per heavy atom. The van der Waals surface area contributed by atoms with Crippen molar-refractivity contribution in [1.82, 2.24) is 15.2 Å². The summed E-state index contributed by atoms with van der Waals surface area (Å²) in [5.74, 6) is 0.411. The average molecular weight is 413 g/mol. The number of anilines is 1. The molecule has 8 heteroatoms. The topological polar surface area (TPSA) is 96.1 Å². The monoisotopic (exact) mass is 412 g/mol. The highest BCUT2D eigenvalue weighted by Crippen LogP contribution is 2.48. The number of aromatic nitrogens is 1. The Labute approximate surface area is 177 Å². The maximum Gasteiger partial charge on any atom is 0.237 e. The number of halogens is 1. The van der Waals surface area contributed by atoms with E-state index >= 15 is 0 Å². The molecular formula is C22H29FN6O. The number of hydrogen-bond donors (Lipinski definition) is 1. The van der Waals surface area contributed by atoms with Gasteiger partial charge in [-0.2, -0.15) is 10.5 Å². The molecule has 1 amide bonds. The van der Waals surface area contributed by atoms with Crippen molar-refractivity contribution < 1.29 is 9.18 Å². The predicted octanol–water partition coefficient (Wildman–Crippen LogP) is 2.39. The fourth-order valence-corrected chi connectivity index (χ4v) is 4.94. The second-order valence-electron chi connectivity index (χ2n) is 9.08. The first-order valence-corrected chi connectivity index (χ1v) is 10.3. The molecule has 30 heavy (non-hydrogen) atoms. The zero-order chi connectivity index (χ0) is 22.1. The van der Waals surface area contributed by atoms with E-state index in [-0.39, 0.29) is 42.4 Å². The molecule has 2 aliphatic rings. The first-order valence-electron chi connectivity index (χ1n) is 10.3. The number of hydrogen-bond acceptors (Lipinski definition) is 6. The summed E-state index contributed by atoms with van der Waals surface area (Å²) in [6.45, 7) is 6.45. The van der Waals surface area contributed by atoms with Crippen LogP contribution in [0.25, 0.3) is 0 Å². The van der Waals surface area contributed by atoms with Gasteiger partial charge in [0.15, 0.2) is 0 Å². The van der Waals surface area contributed by atoms with Crippen LogP contribution in [0.1, 0.15) is 45.6 Å². The number of pyridine rings is 1. The van der Waals surface area contributed by atoms with Gasteiger partial charge >= 0.3 is 0 Å². The SMILES string of the molecule is CN(c1ncccc1C#N)[C@H]1CC[C@@](C)(NCC(=O)N2C[C@@H](F)C[C@H]2C#N)C1(C)C. The highest BCUT2D eigenvalue weighted by molar-refractivity contribution is 5.79. The zero-order valence-electron chi connectivity index (χ0n) is 18.0. The average Bonchev–Trinajstić information content (AvgIpc) is 3.22. The Hall–Kier alpha value is -2.71. The summed E-state index contributed by atoms with van der Waals surface area (Å²) in [5, 5.41) is 22.0. The number of rotatable bonds is 5. The maximum absolute atomic E-state index is 13.7. The third-order valence-electron chi connectivity index (χ3n) is 7.23. The predicted molar refractivity (Wildman–Crippen MR) is 111 cm³/mol. The normalized spacial score (nSPS) is 30.0. The van der Waals surface area contributed by atoms with Crippen molar-refractivity contribution in [2.24, 2.45) is 5.41 Å². The van der Waals surface area contributed by atoms with Crippen LogP contribution in [0.2, 0.25) is 0 Å². The Morgan fingerprint density at radius 1 is 1.43 bits per heavy atom. The number of nitriles is 2. The lowest BCUT2D eigenvalue weighted by Crippen LogP contribution is -2.58. The molecule has 0 unspecified atom stereocenters. The lowest BCUT2D eigenvalue weighted by atomic mass is 9.73. The van der Waals surface area contributed by atoms with Crippen LogP contribution < -0.4 is 10.2 Å². The summed E-state index contributed by atoms with van der Waals surface area (Å²) < 4.78 is 13.7. The van der Waals surface area contributed by atoms with Crippen molar-refractivity contribution in [3.63, 3.8) is 0 Å². The molecule has 1 aromatic rings. The molecule has 1 aliphatic heterocycles. The molecule has 1 saturated carbocycles. The second kappa shape index (κ2) is 8.20. The van der Waals surface area contributed by atoms with Gasteiger partial charge in [-0.3, -0.25) is 4.79 Å². The number of likely N-dealkylation sites (tertiary alicyclic amines) is 1. The molecule has 0 bridgehead atoms. The molecule has 2 heterocycles. The number of alkyl halides is 1. The van der Waals surface area contributed by atoms with E-state index in [2.05, 4.69) is 42.0 Å². The number of carbonyl (C=O) groups excluding carboxylic acids is 1. The van der Waals surface area contributed by atoms with Gasteiger partial charge in [-0.05, 0) is 31.9 Å². The second-order valence-corrected chi connectivity index (χ2v) is 9.08. The molecule has 1 aromatic heterocycles. The van der Waals surface area contributed by atoms with Gasteiger partial charge in [0.25, 0.3) is 0 Å². The van der Waals surface area contributed by atoms with Crippen molar-refractivity contribution in [2.45, 2.75) is 63.8 Å². The summed E-state index contributed by atoms with van der Waals surface area (Å²) >= 11 is 0. The maximum atomic E-state index is 13.7. The van der Waals surface area contributed by atoms with Crippen LogP contribution in [0.5, 0.6) is 0 Å². The first-order chi connectivity index (χ1) is 14.1. The van der Waals surface area contributed by atoms with Crippen LogP contribution in [0.4, 0.5) is 10.2 Å². The van der Waals surface area contributed by atoms with E-state index in [0.29, 0.717) is 11.4 Å². The minimum absolute atomic E-state index is 0.0131. The van der Waals surface area contributed by atoms with Crippen LogP contribution in [0, 0.1) is 28.1 Å². The number of nitrogens with one attached hydrogen (secondary N) is 1. The number of carbonyl (C=O) groups is 1. The Morgan fingerprint density at radius 2 is 2.17 bits per heavy atom. The first kappa shape index (κ1) is 22.0. The van der Waals surface area contributed by atoms with Crippen molar-refractivity contribution >= 4 is 11.7 Å². The molecule has 160 valence electrons. The minimum Gasteiger partial charge on any atom is -0.355 e. The molecule has 1 saturated heterocycles. The summed E-state index contributed by atoms with van der Waals surface area (Å²) in [4.78, 5) is 20.5. The van der Waals surface area contributed by atoms with Gasteiger partial charge in [0, 0.05) is 36.7 Å². The summed E-state index contributed by atoms with van der Waals surface area (Å²) in [5.41, 5.74) is -0.0563. The molecule has 3 rings (SSSR count). The largest absolute Gasteiger partial charge is 0.355 e. The molecular weight excluding hydrogens is 383 g/mol. The molecule has 7 nitrogen and oxygen atoms in total. The van der Waals surface area contributed by atoms with E-state index in [0.717, 1.165) is 12.8 Å². The third-order valence-corrected chi connectivity index (χ3v) is 7.23. The fraction of sp³-hybridized carbons (Fsp3) is 0.636. The van der Waals surface area contributed by atoms with Crippen molar-refractivity contribution in [2.75, 3.05) is 25.0 Å². The highest BCUT2D eigenvalue weighted by atomic mass is 19.1. The summed E-state index contributed by atoms with van der Waals surface area (Å²) in [6.07, 6.45) is 2.35. The van der Waals surface area contributed by atoms with Crippen LogP contribution >= 0.6 is 0 Å². The van der Waals surface area contributed by atoms with Crippen LogP contribution in [-0.4, -0.2) is 59.7 Å². The Balaban J connectivity index is 1.72. The fourth-order valence-electron chi connectivity index (χ4n) is 4.94. The summed E-state index contributed by atoms with van der Waals surface area (Å²) in [7, 11) is 1.95. The van der Waals surface area contributed by atoms with E-state index in [1.165, 1.54) is 4.90 Å². The number of amides is 1. The smallest absolute Gasteiger partial charge is 0.237 e. The van der Waals surface area contributed by atoms with E-state index in [1.54, 1.807) is 18.3 Å². The van der Waals surface area contributed by atoms with E-state index in [4.69, 9.17) is 0 Å². The van der Waals surface area contributed by atoms with Gasteiger partial charge in [0.1, 0.15) is 24.1 Å². The molecule has 0 radical (unpaired) electrons. The van der Waals surface area contributed by atoms with Crippen LogP contribution in [0.3, 0.4) is 0 Å². The lowest BCUT2D eigenvalue weighted by Gasteiger charge is -2.45. The molecule has 4 atom stereocenters. The molecule has 0 aromatic carbocycles. The Bertz CT molecular complexity index is 890. The van der Waals surface area contributed by atoms with E-state index in [1.807, 2.05) is 13.1 Å². The zero-order valence-corrected chi connectivity index (χ0v) is 18.0. The number of nitrogens with zero attached hydrogens (tertiary/aromatic N) is 5. The van der Waals surface area contributed by atoms with Gasteiger partial charge in [-0.1, -0.05) is 13.8 Å². The van der Waals surface area contributed by atoms with Gasteiger partial charge in [-0.25, -0.2) is 9.37 Å². The highest BCUT2D eigenvalue weighted by Gasteiger charge is 2.53. The molecule has 1 N–H and O–H groups in total. The van der Waals surface area contributed by atoms with Crippen molar-refractivity contribution in [3.05, 3.63) is 23.9 Å². The third kappa shape index (κ3) is 3.73. The molecule has 2 fully saturated rings. The summed E-state index contributed by atoms with van der Waals surface area (Å²) in [6, 6.07) is 7.17. The lowest BCUT2D eigenvalue weighted by molar-refractivity contribution is -0.131. The van der Waals surface area contributed by atoms with Crippen molar-refractivity contribution in [3.8, 4) is 12.1 Å². The Kier molecular flexibility index (Phi) is 6.01.